The van der Waals surface area contributed by atoms with Gasteiger partial charge in [-0.3, -0.25) is 14.4 Å². The molecule has 6 aromatic rings. The molecule has 0 radical (unpaired) electrons. The summed E-state index contributed by atoms with van der Waals surface area (Å²) >= 11 is 1.15. The Bertz CT molecular complexity index is 2410. The van der Waals surface area contributed by atoms with Crippen molar-refractivity contribution in [2.75, 3.05) is 20.1 Å². The molecule has 3 amide bonds. The topological polar surface area (TPSA) is 226 Å². The molecule has 0 saturated heterocycles. The number of likely N-dealkylation sites (N-methyl/N-ethyl adjacent to an activating group) is 1. The van der Waals surface area contributed by atoms with Crippen molar-refractivity contribution in [3.8, 4) is 22.5 Å². The highest BCUT2D eigenvalue weighted by Crippen LogP contribution is 2.39. The Morgan fingerprint density at radius 1 is 0.867 bits per heavy atom. The second kappa shape index (κ2) is 19.8. The van der Waals surface area contributed by atoms with E-state index in [0.29, 0.717) is 67.2 Å². The van der Waals surface area contributed by atoms with Gasteiger partial charge >= 0.3 is 0 Å². The largest absolute Gasteiger partial charge is 0.361 e. The second-order valence-corrected chi connectivity index (χ2v) is 15.8. The third kappa shape index (κ3) is 9.71. The summed E-state index contributed by atoms with van der Waals surface area (Å²) in [5.74, 6) is -1.24. The Morgan fingerprint density at radius 2 is 1.65 bits per heavy atom. The van der Waals surface area contributed by atoms with E-state index in [1.165, 1.54) is 11.0 Å². The van der Waals surface area contributed by atoms with Gasteiger partial charge in [-0.25, -0.2) is 14.5 Å². The average molecular weight is 833 g/mol. The number of pyridine rings is 1. The van der Waals surface area contributed by atoms with Gasteiger partial charge in [0.25, 0.3) is 0 Å². The van der Waals surface area contributed by atoms with Crippen molar-refractivity contribution in [1.29, 1.82) is 0 Å². The van der Waals surface area contributed by atoms with Gasteiger partial charge in [-0.2, -0.15) is 0 Å². The van der Waals surface area contributed by atoms with E-state index in [1.807, 2.05) is 60.8 Å². The maximum Gasteiger partial charge on any atom is 0.245 e. The van der Waals surface area contributed by atoms with Crippen LogP contribution in [0.5, 0.6) is 0 Å². The van der Waals surface area contributed by atoms with Crippen molar-refractivity contribution < 1.29 is 18.8 Å². The lowest BCUT2D eigenvalue weighted by Gasteiger charge is -2.32. The number of halogens is 1. The number of tetrazole rings is 1. The van der Waals surface area contributed by atoms with Gasteiger partial charge in [0.05, 0.1) is 10.9 Å². The number of nitrogens with one attached hydrogen (secondary N) is 5. The lowest BCUT2D eigenvalue weighted by Crippen LogP contribution is -2.57. The molecule has 4 heterocycles. The number of nitrogens with two attached hydrogens (primary N) is 2. The normalized spacial score (nSPS) is 18.1. The molecule has 0 unspecified atom stereocenters. The Hall–Kier alpha value is -6.01. The van der Waals surface area contributed by atoms with Gasteiger partial charge in [0.15, 0.2) is 5.82 Å². The molecular weight excluding hydrogens is 784 g/mol. The molecule has 1 aliphatic rings. The number of amides is 3. The van der Waals surface area contributed by atoms with Crippen LogP contribution in [0.4, 0.5) is 4.39 Å². The van der Waals surface area contributed by atoms with Crippen molar-refractivity contribution in [2.24, 2.45) is 11.5 Å². The molecule has 3 aromatic heterocycles. The molecule has 1 aliphatic heterocycles. The minimum Gasteiger partial charge on any atom is -0.361 e. The SMILES string of the molecule is CN1C(=O)[C@H](CCCCN)NC(=O)[C@H](CCCN)NCc2cccnc2Sc2c(F)ccc(-c3ccc(-c4nnn[nH]4)cc3)c2CNC(=O)[C@@H]1Cc1c[nH]c2ccccc12. The first-order valence-electron chi connectivity index (χ1n) is 20.1. The summed E-state index contributed by atoms with van der Waals surface area (Å²) in [5.41, 5.74) is 16.9. The van der Waals surface area contributed by atoms with E-state index in [9.17, 15) is 14.4 Å². The van der Waals surface area contributed by atoms with E-state index in [2.05, 4.69) is 46.5 Å². The second-order valence-electron chi connectivity index (χ2n) is 14.8. The van der Waals surface area contributed by atoms with Crippen LogP contribution >= 0.6 is 11.8 Å². The average Bonchev–Trinajstić information content (AvgIpc) is 3.96. The van der Waals surface area contributed by atoms with Gasteiger partial charge in [0.1, 0.15) is 22.9 Å². The van der Waals surface area contributed by atoms with Crippen molar-refractivity contribution in [1.82, 2.24) is 51.4 Å². The first-order chi connectivity index (χ1) is 29.2. The van der Waals surface area contributed by atoms with Crippen LogP contribution in [-0.4, -0.2) is 91.5 Å². The molecule has 0 fully saturated rings. The number of benzene rings is 3. The number of unbranched alkanes of at least 4 members (excludes halogenated alkanes) is 1. The Morgan fingerprint density at radius 3 is 2.43 bits per heavy atom. The minimum absolute atomic E-state index is 0.0767. The van der Waals surface area contributed by atoms with E-state index >= 15 is 4.39 Å². The summed E-state index contributed by atoms with van der Waals surface area (Å²) in [7, 11) is 1.59. The quantitative estimate of drug-likeness (QED) is 0.0916. The molecule has 9 N–H and O–H groups in total. The van der Waals surface area contributed by atoms with Crippen LogP contribution in [0, 0.1) is 5.82 Å². The van der Waals surface area contributed by atoms with Crippen molar-refractivity contribution in [3.05, 3.63) is 108 Å². The summed E-state index contributed by atoms with van der Waals surface area (Å²) in [4.78, 5) is 53.1. The van der Waals surface area contributed by atoms with Crippen LogP contribution in [0.2, 0.25) is 0 Å². The molecule has 0 saturated carbocycles. The van der Waals surface area contributed by atoms with Crippen LogP contribution in [0.3, 0.4) is 0 Å². The highest BCUT2D eigenvalue weighted by molar-refractivity contribution is 7.99. The molecule has 15 nitrogen and oxygen atoms in total. The molecule has 312 valence electrons. The van der Waals surface area contributed by atoms with Crippen molar-refractivity contribution >= 4 is 40.4 Å². The highest BCUT2D eigenvalue weighted by Gasteiger charge is 2.34. The molecule has 17 heteroatoms. The summed E-state index contributed by atoms with van der Waals surface area (Å²) < 4.78 is 16.3. The first kappa shape index (κ1) is 42.1. The number of H-pyrrole nitrogens is 2. The fourth-order valence-electron chi connectivity index (χ4n) is 7.50. The maximum absolute atomic E-state index is 16.3. The Labute approximate surface area is 351 Å². The molecule has 60 heavy (non-hydrogen) atoms. The van der Waals surface area contributed by atoms with Gasteiger partial charge in [-0.15, -0.1) is 5.10 Å². The summed E-state index contributed by atoms with van der Waals surface area (Å²) in [6, 6.07) is 19.3. The minimum atomic E-state index is -1.02. The summed E-state index contributed by atoms with van der Waals surface area (Å²) in [6.07, 6.45) is 6.15. The number of rotatable bonds is 11. The lowest BCUT2D eigenvalue weighted by molar-refractivity contribution is -0.142. The molecule has 0 bridgehead atoms. The predicted octanol–water partition coefficient (Wildman–Crippen LogP) is 4.21. The van der Waals surface area contributed by atoms with Gasteiger partial charge in [-0.1, -0.05) is 66.4 Å². The van der Waals surface area contributed by atoms with E-state index in [-0.39, 0.29) is 30.3 Å². The highest BCUT2D eigenvalue weighted by atomic mass is 32.2. The number of carbonyl (C=O) groups excluding carboxylic acids is 3. The number of carbonyl (C=O) groups is 3. The molecule has 0 aliphatic carbocycles. The monoisotopic (exact) mass is 832 g/mol. The zero-order valence-corrected chi connectivity index (χ0v) is 34.1. The third-order valence-electron chi connectivity index (χ3n) is 10.8. The van der Waals surface area contributed by atoms with E-state index in [4.69, 9.17) is 11.5 Å². The number of nitrogens with zero attached hydrogens (tertiary/aromatic N) is 5. The van der Waals surface area contributed by atoms with E-state index < -0.39 is 35.8 Å². The van der Waals surface area contributed by atoms with Gasteiger partial charge < -0.3 is 37.3 Å². The van der Waals surface area contributed by atoms with Crippen molar-refractivity contribution in [2.45, 2.75) is 79.7 Å². The van der Waals surface area contributed by atoms with E-state index in [0.717, 1.165) is 44.9 Å². The summed E-state index contributed by atoms with van der Waals surface area (Å²) in [6.45, 7) is 0.939. The van der Waals surface area contributed by atoms with Crippen LogP contribution in [0.25, 0.3) is 33.4 Å². The third-order valence-corrected chi connectivity index (χ3v) is 12.0. The zero-order valence-electron chi connectivity index (χ0n) is 33.3. The Balaban J connectivity index is 1.33. The smallest absolute Gasteiger partial charge is 0.245 e. The van der Waals surface area contributed by atoms with Crippen LogP contribution in [0.15, 0.2) is 95.1 Å². The molecular formula is C43H49FN12O3S. The zero-order chi connectivity index (χ0) is 42.0. The number of para-hydroxylation sites is 1. The predicted molar refractivity (Wildman–Crippen MR) is 228 cm³/mol. The van der Waals surface area contributed by atoms with Crippen LogP contribution in [-0.2, 0) is 33.9 Å². The van der Waals surface area contributed by atoms with Gasteiger partial charge in [-0.05, 0) is 102 Å². The molecule has 7 rings (SSSR count). The lowest BCUT2D eigenvalue weighted by atomic mass is 9.97. The fraction of sp³-hybridized carbons (Fsp3) is 0.326. The molecule has 3 atom stereocenters. The number of hydrogen-bond donors (Lipinski definition) is 7. The number of aromatic nitrogens is 6. The van der Waals surface area contributed by atoms with Crippen LogP contribution in [0.1, 0.15) is 48.8 Å². The molecule has 3 aromatic carbocycles. The van der Waals surface area contributed by atoms with E-state index in [1.54, 1.807) is 25.4 Å². The fourth-order valence-corrected chi connectivity index (χ4v) is 8.55. The number of aromatic amines is 2. The van der Waals surface area contributed by atoms with Crippen molar-refractivity contribution in [3.63, 3.8) is 0 Å². The maximum atomic E-state index is 16.3. The number of hydrogen-bond acceptors (Lipinski definition) is 11. The standard InChI is InChI=1S/C43H49FN12O3S/c1-56-37(22-29-24-48-34-10-3-2-9-31(29)34)41(58)50-25-32-30(26-13-15-27(16-14-26)39-52-54-55-53-39)17-18-33(44)38(32)60-42-28(8-7-21-47-42)23-49-35(12-6-20-46)40(57)51-36(43(56)59)11-4-5-19-45/h2-3,7-10,13-18,21,24,35-37,48-49H,4-6,11-12,19-20,22-23,25,45-46H2,1H3,(H,50,58)(H,51,57)(H,52,53,54,55)/t35-,36-,37-/m0/s1. The van der Waals surface area contributed by atoms with Crippen LogP contribution < -0.4 is 27.4 Å². The van der Waals surface area contributed by atoms with Gasteiger partial charge in [0, 0.05) is 55.4 Å². The molecule has 0 spiro atoms. The number of fused-ring (bicyclic) bond motifs is 3. The summed E-state index contributed by atoms with van der Waals surface area (Å²) in [5, 5.41) is 25.1. The van der Waals surface area contributed by atoms with Gasteiger partial charge in [0.2, 0.25) is 17.7 Å². The first-order valence-corrected chi connectivity index (χ1v) is 20.9. The Kier molecular flexibility index (Phi) is 13.9.